The maximum Gasteiger partial charge on any atom is 0.289 e. The van der Waals surface area contributed by atoms with Crippen molar-refractivity contribution in [3.63, 3.8) is 0 Å². The molecule has 3 aromatic rings. The van der Waals surface area contributed by atoms with Gasteiger partial charge in [0.25, 0.3) is 5.91 Å². The Labute approximate surface area is 200 Å². The lowest BCUT2D eigenvalue weighted by atomic mass is 10.1. The van der Waals surface area contributed by atoms with Crippen LogP contribution in [0.1, 0.15) is 61.5 Å². The van der Waals surface area contributed by atoms with E-state index in [1.807, 2.05) is 54.8 Å². The molecule has 33 heavy (non-hydrogen) atoms. The normalized spacial score (nSPS) is 11.1. The third kappa shape index (κ3) is 8.09. The average Bonchev–Trinajstić information content (AvgIpc) is 3.35. The zero-order valence-electron chi connectivity index (χ0n) is 19.3. The molecular weight excluding hydrogens is 432 g/mol. The van der Waals surface area contributed by atoms with Gasteiger partial charge in [0.1, 0.15) is 11.4 Å². The van der Waals surface area contributed by atoms with Crippen molar-refractivity contribution in [1.29, 1.82) is 0 Å². The van der Waals surface area contributed by atoms with Crippen molar-refractivity contribution in [3.8, 4) is 17.0 Å². The third-order valence-corrected chi connectivity index (χ3v) is 5.98. The fourth-order valence-corrected chi connectivity index (χ4v) is 3.70. The van der Waals surface area contributed by atoms with Crippen molar-refractivity contribution in [3.05, 3.63) is 65.9 Å². The van der Waals surface area contributed by atoms with E-state index in [0.29, 0.717) is 11.4 Å². The Balaban J connectivity index is 1.45. The van der Waals surface area contributed by atoms with Gasteiger partial charge in [0.2, 0.25) is 0 Å². The van der Waals surface area contributed by atoms with Crippen LogP contribution in [0.3, 0.4) is 0 Å². The first-order chi connectivity index (χ1) is 16.2. The zero-order valence-corrected chi connectivity index (χ0v) is 20.2. The number of ether oxygens (including phenoxy) is 1. The Morgan fingerprint density at radius 1 is 1.06 bits per heavy atom. The van der Waals surface area contributed by atoms with Crippen molar-refractivity contribution in [2.75, 3.05) is 12.9 Å². The predicted molar refractivity (Wildman–Crippen MR) is 136 cm³/mol. The van der Waals surface area contributed by atoms with E-state index in [1.54, 1.807) is 24.0 Å². The number of amides is 1. The van der Waals surface area contributed by atoms with E-state index < -0.39 is 0 Å². The van der Waals surface area contributed by atoms with E-state index in [9.17, 15) is 4.79 Å². The van der Waals surface area contributed by atoms with Crippen molar-refractivity contribution < 1.29 is 9.53 Å². The van der Waals surface area contributed by atoms with E-state index in [2.05, 4.69) is 27.6 Å². The highest BCUT2D eigenvalue weighted by Gasteiger charge is 2.10. The number of thioether (sulfide) groups is 1. The maximum absolute atomic E-state index is 12.3. The van der Waals surface area contributed by atoms with Gasteiger partial charge in [-0.05, 0) is 60.7 Å². The number of nitrogens with one attached hydrogen (secondary N) is 2. The Bertz CT molecular complexity index is 1010. The molecule has 0 aliphatic carbocycles. The van der Waals surface area contributed by atoms with Crippen molar-refractivity contribution >= 4 is 23.9 Å². The molecule has 2 aromatic carbocycles. The molecule has 0 radical (unpaired) electrons. The van der Waals surface area contributed by atoms with Crippen molar-refractivity contribution in [2.24, 2.45) is 5.10 Å². The van der Waals surface area contributed by atoms with Gasteiger partial charge >= 0.3 is 0 Å². The highest BCUT2D eigenvalue weighted by Crippen LogP contribution is 2.22. The monoisotopic (exact) mass is 464 g/mol. The molecule has 7 heteroatoms. The summed E-state index contributed by atoms with van der Waals surface area (Å²) in [4.78, 5) is 13.5. The molecule has 3 rings (SSSR count). The molecule has 0 bridgehead atoms. The highest BCUT2D eigenvalue weighted by atomic mass is 32.2. The van der Waals surface area contributed by atoms with Crippen LogP contribution in [-0.4, -0.2) is 35.2 Å². The van der Waals surface area contributed by atoms with Crippen LogP contribution in [0, 0.1) is 0 Å². The summed E-state index contributed by atoms with van der Waals surface area (Å²) >= 11 is 1.68. The van der Waals surface area contributed by atoms with E-state index in [0.717, 1.165) is 29.9 Å². The molecule has 6 nitrogen and oxygen atoms in total. The summed E-state index contributed by atoms with van der Waals surface area (Å²) in [5.74, 6) is 0.505. The lowest BCUT2D eigenvalue weighted by Crippen LogP contribution is -2.17. The first-order valence-electron chi connectivity index (χ1n) is 11.5. The number of hydrazone groups is 1. The fourth-order valence-electron chi connectivity index (χ4n) is 3.30. The highest BCUT2D eigenvalue weighted by molar-refractivity contribution is 7.98. The largest absolute Gasteiger partial charge is 0.494 e. The number of benzene rings is 2. The van der Waals surface area contributed by atoms with Gasteiger partial charge in [0.15, 0.2) is 0 Å². The Hall–Kier alpha value is -3.06. The Kier molecular flexibility index (Phi) is 10.0. The maximum atomic E-state index is 12.3. The van der Waals surface area contributed by atoms with E-state index in [4.69, 9.17) is 4.74 Å². The molecule has 0 spiro atoms. The number of aromatic amines is 1. The lowest BCUT2D eigenvalue weighted by molar-refractivity contribution is 0.0950. The minimum Gasteiger partial charge on any atom is -0.494 e. The average molecular weight is 465 g/mol. The fraction of sp³-hybridized carbons (Fsp3) is 0.346. The molecule has 0 aliphatic heterocycles. The second kappa shape index (κ2) is 13.5. The molecule has 0 aliphatic rings. The third-order valence-electron chi connectivity index (χ3n) is 5.23. The van der Waals surface area contributed by atoms with E-state index in [1.165, 1.54) is 37.0 Å². The zero-order chi connectivity index (χ0) is 23.3. The number of rotatable bonds is 13. The topological polar surface area (TPSA) is 79.4 Å². The number of hydrogen-bond donors (Lipinski definition) is 2. The van der Waals surface area contributed by atoms with Crippen LogP contribution in [0.15, 0.2) is 64.6 Å². The molecule has 0 saturated carbocycles. The molecule has 1 aromatic heterocycles. The van der Waals surface area contributed by atoms with Crippen LogP contribution in [0.2, 0.25) is 0 Å². The minimum atomic E-state index is -0.343. The molecule has 1 heterocycles. The van der Waals surface area contributed by atoms with Crippen molar-refractivity contribution in [2.45, 2.75) is 50.3 Å². The number of hydrogen-bond acceptors (Lipinski definition) is 5. The molecule has 0 unspecified atom stereocenters. The van der Waals surface area contributed by atoms with Crippen LogP contribution in [-0.2, 0) is 0 Å². The molecular formula is C26H32N4O2S. The summed E-state index contributed by atoms with van der Waals surface area (Å²) in [6.45, 7) is 2.97. The number of nitrogens with zero attached hydrogens (tertiary/aromatic N) is 2. The quantitative estimate of drug-likeness (QED) is 0.135. The van der Waals surface area contributed by atoms with Gasteiger partial charge in [0.05, 0.1) is 18.5 Å². The van der Waals surface area contributed by atoms with Gasteiger partial charge in [-0.15, -0.1) is 11.8 Å². The van der Waals surface area contributed by atoms with Crippen LogP contribution in [0.25, 0.3) is 11.3 Å². The summed E-state index contributed by atoms with van der Waals surface area (Å²) in [6.07, 6.45) is 11.1. The predicted octanol–water partition coefficient (Wildman–Crippen LogP) is 6.30. The van der Waals surface area contributed by atoms with Gasteiger partial charge in [0, 0.05) is 10.5 Å². The summed E-state index contributed by atoms with van der Waals surface area (Å²) in [7, 11) is 0. The first kappa shape index (κ1) is 24.6. The summed E-state index contributed by atoms with van der Waals surface area (Å²) in [6, 6.07) is 17.4. The second-order valence-corrected chi connectivity index (χ2v) is 8.66. The minimum absolute atomic E-state index is 0.343. The lowest BCUT2D eigenvalue weighted by Gasteiger charge is -2.06. The number of H-pyrrole nitrogens is 1. The van der Waals surface area contributed by atoms with E-state index in [-0.39, 0.29) is 5.91 Å². The number of carbonyl (C=O) groups is 1. The number of aromatic nitrogens is 2. The molecule has 0 fully saturated rings. The van der Waals surface area contributed by atoms with Crippen LogP contribution in [0.5, 0.6) is 5.75 Å². The standard InChI is InChI=1S/C26H32N4O2S/c1-3-4-5-6-7-8-17-32-22-13-11-21(12-14-22)24-18-25(29-28-24)26(31)30-27-19-20-9-15-23(33-2)16-10-20/h9-16,18-19H,3-8,17H2,1-2H3,(H,28,29)(H,30,31). The molecule has 0 saturated heterocycles. The Morgan fingerprint density at radius 3 is 2.52 bits per heavy atom. The van der Waals surface area contributed by atoms with Gasteiger partial charge in [-0.25, -0.2) is 5.43 Å². The number of unbranched alkanes of at least 4 members (excludes halogenated alkanes) is 5. The van der Waals surface area contributed by atoms with E-state index >= 15 is 0 Å². The second-order valence-electron chi connectivity index (χ2n) is 7.78. The van der Waals surface area contributed by atoms with Crippen molar-refractivity contribution in [1.82, 2.24) is 15.6 Å². The van der Waals surface area contributed by atoms with Crippen LogP contribution < -0.4 is 10.2 Å². The molecule has 174 valence electrons. The molecule has 0 atom stereocenters. The smallest absolute Gasteiger partial charge is 0.289 e. The van der Waals surface area contributed by atoms with Gasteiger partial charge in [-0.2, -0.15) is 10.2 Å². The molecule has 2 N–H and O–H groups in total. The number of carbonyl (C=O) groups excluding carboxylic acids is 1. The first-order valence-corrected chi connectivity index (χ1v) is 12.7. The van der Waals surface area contributed by atoms with Gasteiger partial charge in [-0.1, -0.05) is 51.2 Å². The van der Waals surface area contributed by atoms with Gasteiger partial charge < -0.3 is 4.74 Å². The summed E-state index contributed by atoms with van der Waals surface area (Å²) in [5.41, 5.74) is 5.40. The van der Waals surface area contributed by atoms with Crippen LogP contribution >= 0.6 is 11.8 Å². The summed E-state index contributed by atoms with van der Waals surface area (Å²) < 4.78 is 5.83. The van der Waals surface area contributed by atoms with Crippen LogP contribution in [0.4, 0.5) is 0 Å². The summed E-state index contributed by atoms with van der Waals surface area (Å²) in [5, 5.41) is 11.1. The molecule has 1 amide bonds. The SMILES string of the molecule is CCCCCCCCOc1ccc(-c2cc(C(=O)NN=Cc3ccc(SC)cc3)[nH]n2)cc1. The Morgan fingerprint density at radius 2 is 1.79 bits per heavy atom. The van der Waals surface area contributed by atoms with Gasteiger partial charge in [-0.3, -0.25) is 9.89 Å².